The van der Waals surface area contributed by atoms with Crippen LogP contribution in [0.15, 0.2) is 53.7 Å². The number of carbonyl (C=O) groups excluding carboxylic acids is 1. The van der Waals surface area contributed by atoms with E-state index >= 15 is 0 Å². The molecule has 6 nitrogen and oxygen atoms in total. The molecule has 0 aliphatic rings. The highest BCUT2D eigenvalue weighted by atomic mass is 35.5. The van der Waals surface area contributed by atoms with Crippen LogP contribution in [0, 0.1) is 18.3 Å². The average Bonchev–Trinajstić information content (AvgIpc) is 3.02. The highest BCUT2D eigenvalue weighted by molar-refractivity contribution is 8.00. The Kier molecular flexibility index (Phi) is 5.79. The lowest BCUT2D eigenvalue weighted by molar-refractivity contribution is -0.115. The molecule has 3 aromatic rings. The second kappa shape index (κ2) is 8.25. The molecule has 1 amide bonds. The largest absolute Gasteiger partial charge is 0.325 e. The van der Waals surface area contributed by atoms with Crippen molar-refractivity contribution in [3.63, 3.8) is 0 Å². The van der Waals surface area contributed by atoms with Crippen LogP contribution in [0.25, 0.3) is 5.69 Å². The van der Waals surface area contributed by atoms with Crippen LogP contribution in [0.2, 0.25) is 5.02 Å². The van der Waals surface area contributed by atoms with Crippen LogP contribution in [0.5, 0.6) is 0 Å². The third-order valence-electron chi connectivity index (χ3n) is 3.82. The molecule has 0 spiro atoms. The zero-order valence-electron chi connectivity index (χ0n) is 14.7. The molecular formula is C19H16ClN5OS. The van der Waals surface area contributed by atoms with Gasteiger partial charge in [-0.1, -0.05) is 41.6 Å². The van der Waals surface area contributed by atoms with Gasteiger partial charge in [0, 0.05) is 11.4 Å². The number of carbonyl (C=O) groups is 1. The summed E-state index contributed by atoms with van der Waals surface area (Å²) in [5, 5.41) is 20.6. The van der Waals surface area contributed by atoms with Crippen LogP contribution in [0.1, 0.15) is 18.3 Å². The molecule has 3 rings (SSSR count). The lowest BCUT2D eigenvalue weighted by Crippen LogP contribution is -2.23. The third kappa shape index (κ3) is 4.30. The number of anilines is 1. The number of benzene rings is 2. The molecule has 27 heavy (non-hydrogen) atoms. The first-order chi connectivity index (χ1) is 13.0. The number of rotatable bonds is 5. The van der Waals surface area contributed by atoms with Crippen LogP contribution in [-0.2, 0) is 4.79 Å². The van der Waals surface area contributed by atoms with Gasteiger partial charge in [0.2, 0.25) is 5.91 Å². The zero-order valence-corrected chi connectivity index (χ0v) is 16.3. The SMILES string of the molecule is Cc1nnc(S[C@@H](C)C(=O)Nc2ccc(C#N)c(Cl)c2)n1-c1ccccc1. The Bertz CT molecular complexity index is 1010. The van der Waals surface area contributed by atoms with Crippen molar-refractivity contribution in [2.75, 3.05) is 5.32 Å². The maximum atomic E-state index is 12.5. The first kappa shape index (κ1) is 19.0. The van der Waals surface area contributed by atoms with Gasteiger partial charge in [-0.2, -0.15) is 5.26 Å². The fraction of sp³-hybridized carbons (Fsp3) is 0.158. The minimum absolute atomic E-state index is 0.193. The Hall–Kier alpha value is -2.82. The maximum absolute atomic E-state index is 12.5. The van der Waals surface area contributed by atoms with Gasteiger partial charge in [-0.05, 0) is 44.2 Å². The van der Waals surface area contributed by atoms with Crippen LogP contribution >= 0.6 is 23.4 Å². The highest BCUT2D eigenvalue weighted by Crippen LogP contribution is 2.27. The Morgan fingerprint density at radius 3 is 2.67 bits per heavy atom. The number of nitrogens with one attached hydrogen (secondary N) is 1. The smallest absolute Gasteiger partial charge is 0.237 e. The number of hydrogen-bond acceptors (Lipinski definition) is 5. The van der Waals surface area contributed by atoms with Crippen LogP contribution < -0.4 is 5.32 Å². The quantitative estimate of drug-likeness (QED) is 0.651. The number of nitriles is 1. The molecule has 0 aliphatic carbocycles. The topological polar surface area (TPSA) is 83.6 Å². The normalized spacial score (nSPS) is 11.6. The molecule has 0 radical (unpaired) electrons. The van der Waals surface area contributed by atoms with Crippen molar-refractivity contribution in [2.45, 2.75) is 24.3 Å². The fourth-order valence-corrected chi connectivity index (χ4v) is 3.57. The summed E-state index contributed by atoms with van der Waals surface area (Å²) in [5.41, 5.74) is 1.84. The molecule has 1 aromatic heterocycles. The lowest BCUT2D eigenvalue weighted by Gasteiger charge is -2.13. The van der Waals surface area contributed by atoms with Gasteiger partial charge in [-0.15, -0.1) is 10.2 Å². The summed E-state index contributed by atoms with van der Waals surface area (Å²) in [6.07, 6.45) is 0. The predicted octanol–water partition coefficient (Wildman–Crippen LogP) is 4.22. The van der Waals surface area contributed by atoms with Gasteiger partial charge in [0.15, 0.2) is 5.16 Å². The number of hydrogen-bond donors (Lipinski definition) is 1. The summed E-state index contributed by atoms with van der Waals surface area (Å²) in [5.74, 6) is 0.552. The van der Waals surface area contributed by atoms with Crippen LogP contribution in [0.4, 0.5) is 5.69 Å². The van der Waals surface area contributed by atoms with Crippen LogP contribution in [-0.4, -0.2) is 25.9 Å². The van der Waals surface area contributed by atoms with Crippen molar-refractivity contribution in [1.82, 2.24) is 14.8 Å². The van der Waals surface area contributed by atoms with E-state index in [0.29, 0.717) is 21.4 Å². The predicted molar refractivity (Wildman–Crippen MR) is 106 cm³/mol. The van der Waals surface area contributed by atoms with Crippen molar-refractivity contribution in [2.24, 2.45) is 0 Å². The van der Waals surface area contributed by atoms with Gasteiger partial charge in [0.1, 0.15) is 11.9 Å². The highest BCUT2D eigenvalue weighted by Gasteiger charge is 2.20. The third-order valence-corrected chi connectivity index (χ3v) is 5.17. The van der Waals surface area contributed by atoms with Gasteiger partial charge >= 0.3 is 0 Å². The Morgan fingerprint density at radius 1 is 1.26 bits per heavy atom. The standard InChI is InChI=1S/C19H16ClN5OS/c1-12(18(26)22-15-9-8-14(11-21)17(20)10-15)27-19-24-23-13(2)25(19)16-6-4-3-5-7-16/h3-10,12H,1-2H3,(H,22,26)/t12-/m0/s1. The van der Waals surface area contributed by atoms with E-state index in [1.807, 2.05) is 47.9 Å². The first-order valence-corrected chi connectivity index (χ1v) is 9.40. The molecule has 1 heterocycles. The Balaban J connectivity index is 1.74. The van der Waals surface area contributed by atoms with E-state index in [1.165, 1.54) is 11.8 Å². The van der Waals surface area contributed by atoms with Gasteiger partial charge in [0.25, 0.3) is 0 Å². The second-order valence-electron chi connectivity index (χ2n) is 5.76. The van der Waals surface area contributed by atoms with E-state index in [0.717, 1.165) is 11.5 Å². The Labute approximate surface area is 166 Å². The van der Waals surface area contributed by atoms with Crippen molar-refractivity contribution in [3.05, 3.63) is 64.9 Å². The monoisotopic (exact) mass is 397 g/mol. The fourth-order valence-electron chi connectivity index (χ4n) is 2.43. The summed E-state index contributed by atoms with van der Waals surface area (Å²) < 4.78 is 1.91. The molecule has 2 aromatic carbocycles. The first-order valence-electron chi connectivity index (χ1n) is 8.14. The van der Waals surface area contributed by atoms with Gasteiger partial charge in [-0.25, -0.2) is 0 Å². The molecule has 1 atom stereocenters. The summed E-state index contributed by atoms with van der Waals surface area (Å²) in [7, 11) is 0. The number of para-hydroxylation sites is 1. The van der Waals surface area contributed by atoms with Crippen molar-refractivity contribution in [1.29, 1.82) is 5.26 Å². The van der Waals surface area contributed by atoms with E-state index in [1.54, 1.807) is 25.1 Å². The minimum atomic E-state index is -0.412. The Morgan fingerprint density at radius 2 is 2.00 bits per heavy atom. The van der Waals surface area contributed by atoms with Gasteiger partial charge < -0.3 is 5.32 Å². The molecule has 0 bridgehead atoms. The van der Waals surface area contributed by atoms with Gasteiger partial charge in [0.05, 0.1) is 15.8 Å². The molecule has 0 saturated carbocycles. The van der Waals surface area contributed by atoms with Crippen molar-refractivity contribution < 1.29 is 4.79 Å². The average molecular weight is 398 g/mol. The summed E-state index contributed by atoms with van der Waals surface area (Å²) >= 11 is 7.33. The molecular weight excluding hydrogens is 382 g/mol. The molecule has 0 fully saturated rings. The van der Waals surface area contributed by atoms with Crippen molar-refractivity contribution in [3.8, 4) is 11.8 Å². The number of halogens is 1. The molecule has 0 aliphatic heterocycles. The van der Waals surface area contributed by atoms with E-state index in [4.69, 9.17) is 16.9 Å². The molecule has 0 unspecified atom stereocenters. The number of nitrogens with zero attached hydrogens (tertiary/aromatic N) is 4. The van der Waals surface area contributed by atoms with E-state index in [2.05, 4.69) is 15.5 Å². The second-order valence-corrected chi connectivity index (χ2v) is 7.47. The zero-order chi connectivity index (χ0) is 19.4. The maximum Gasteiger partial charge on any atom is 0.237 e. The summed E-state index contributed by atoms with van der Waals surface area (Å²) in [6, 6.07) is 16.5. The number of amides is 1. The summed E-state index contributed by atoms with van der Waals surface area (Å²) in [6.45, 7) is 3.66. The van der Waals surface area contributed by atoms with Gasteiger partial charge in [-0.3, -0.25) is 9.36 Å². The molecule has 136 valence electrons. The minimum Gasteiger partial charge on any atom is -0.325 e. The number of aryl methyl sites for hydroxylation is 1. The number of aromatic nitrogens is 3. The van der Waals surface area contributed by atoms with Crippen molar-refractivity contribution >= 4 is 35.0 Å². The van der Waals surface area contributed by atoms with E-state index in [9.17, 15) is 4.79 Å². The van der Waals surface area contributed by atoms with E-state index < -0.39 is 5.25 Å². The molecule has 8 heteroatoms. The van der Waals surface area contributed by atoms with E-state index in [-0.39, 0.29) is 5.91 Å². The molecule has 1 N–H and O–H groups in total. The summed E-state index contributed by atoms with van der Waals surface area (Å²) in [4.78, 5) is 12.5. The molecule has 0 saturated heterocycles. The van der Waals surface area contributed by atoms with Crippen LogP contribution in [0.3, 0.4) is 0 Å². The lowest BCUT2D eigenvalue weighted by atomic mass is 10.2. The number of thioether (sulfide) groups is 1.